The molecule has 0 unspecified atom stereocenters. The maximum Gasteiger partial charge on any atom is 0.407 e. The van der Waals surface area contributed by atoms with Gasteiger partial charge in [0.15, 0.2) is 0 Å². The predicted octanol–water partition coefficient (Wildman–Crippen LogP) is 5.28. The van der Waals surface area contributed by atoms with Crippen LogP contribution in [0.25, 0.3) is 0 Å². The van der Waals surface area contributed by atoms with Gasteiger partial charge in [0.1, 0.15) is 23.2 Å². The smallest absolute Gasteiger partial charge is 0.407 e. The van der Waals surface area contributed by atoms with Gasteiger partial charge in [0.2, 0.25) is 17.7 Å². The molecule has 0 radical (unpaired) electrons. The molecule has 0 aliphatic rings. The molecule has 57 heavy (non-hydrogen) atoms. The van der Waals surface area contributed by atoms with Gasteiger partial charge < -0.3 is 36.5 Å². The number of rotatable bonds is 19. The second-order valence-electron chi connectivity index (χ2n) is 14.8. The SMILES string of the molecule is COC(=O)[C@@H](CCCCNC(=O)OC(C)(C)C)NC(=O)[C@@H](CCC(=O)NC(c1ccccc1)(c1ccccc1)c1ccccc1)NC(=O)[C@H](N)Cc1ccccc1. The number of unbranched alkanes of at least 4 members (excludes halogenated alkanes) is 1. The van der Waals surface area contributed by atoms with Gasteiger partial charge >= 0.3 is 12.1 Å². The summed E-state index contributed by atoms with van der Waals surface area (Å²) >= 11 is 0. The molecule has 6 N–H and O–H groups in total. The summed E-state index contributed by atoms with van der Waals surface area (Å²) in [6.07, 6.45) is 0.514. The number of esters is 1. The van der Waals surface area contributed by atoms with E-state index >= 15 is 0 Å². The topological polar surface area (TPSA) is 178 Å². The molecule has 4 amide bonds. The summed E-state index contributed by atoms with van der Waals surface area (Å²) in [5.41, 5.74) is 7.90. The number of hydrogen-bond donors (Lipinski definition) is 5. The van der Waals surface area contributed by atoms with E-state index in [1.165, 1.54) is 7.11 Å². The van der Waals surface area contributed by atoms with Crippen molar-refractivity contribution >= 4 is 29.8 Å². The van der Waals surface area contributed by atoms with Gasteiger partial charge in [-0.2, -0.15) is 0 Å². The highest BCUT2D eigenvalue weighted by Crippen LogP contribution is 2.37. The lowest BCUT2D eigenvalue weighted by molar-refractivity contribution is -0.145. The van der Waals surface area contributed by atoms with Crippen LogP contribution in [0.4, 0.5) is 4.79 Å². The fourth-order valence-corrected chi connectivity index (χ4v) is 6.48. The van der Waals surface area contributed by atoms with Crippen LogP contribution < -0.4 is 27.0 Å². The second-order valence-corrected chi connectivity index (χ2v) is 14.8. The molecule has 4 rings (SSSR count). The van der Waals surface area contributed by atoms with E-state index in [0.29, 0.717) is 19.4 Å². The highest BCUT2D eigenvalue weighted by molar-refractivity contribution is 5.92. The summed E-state index contributed by atoms with van der Waals surface area (Å²) in [6, 6.07) is 34.8. The van der Waals surface area contributed by atoms with Crippen LogP contribution in [0, 0.1) is 0 Å². The highest BCUT2D eigenvalue weighted by Gasteiger charge is 2.38. The third-order valence-corrected chi connectivity index (χ3v) is 9.27. The van der Waals surface area contributed by atoms with Gasteiger partial charge in [-0.3, -0.25) is 14.4 Å². The van der Waals surface area contributed by atoms with Crippen LogP contribution in [0.15, 0.2) is 121 Å². The Hall–Kier alpha value is -6.01. The average molecular weight is 778 g/mol. The van der Waals surface area contributed by atoms with Crippen LogP contribution in [-0.2, 0) is 40.6 Å². The first-order valence-electron chi connectivity index (χ1n) is 19.2. The summed E-state index contributed by atoms with van der Waals surface area (Å²) in [4.78, 5) is 66.6. The molecule has 0 saturated heterocycles. The Morgan fingerprint density at radius 1 is 0.649 bits per heavy atom. The third kappa shape index (κ3) is 13.3. The maximum atomic E-state index is 14.2. The van der Waals surface area contributed by atoms with E-state index < -0.39 is 53.1 Å². The summed E-state index contributed by atoms with van der Waals surface area (Å²) < 4.78 is 10.3. The van der Waals surface area contributed by atoms with Crippen molar-refractivity contribution in [1.29, 1.82) is 0 Å². The molecule has 0 fully saturated rings. The molecule has 0 bridgehead atoms. The van der Waals surface area contributed by atoms with Crippen molar-refractivity contribution in [3.05, 3.63) is 144 Å². The molecule has 12 heteroatoms. The molecule has 3 atom stereocenters. The minimum absolute atomic E-state index is 0.108. The maximum absolute atomic E-state index is 14.2. The molecular formula is C45H55N5O7. The highest BCUT2D eigenvalue weighted by atomic mass is 16.6. The minimum atomic E-state index is -1.23. The molecule has 0 aliphatic carbocycles. The zero-order valence-corrected chi connectivity index (χ0v) is 33.2. The second kappa shape index (κ2) is 21.3. The Labute approximate surface area is 335 Å². The number of amides is 4. The largest absolute Gasteiger partial charge is 0.467 e. The van der Waals surface area contributed by atoms with Crippen LogP contribution in [-0.4, -0.2) is 67.2 Å². The molecule has 0 aromatic heterocycles. The zero-order chi connectivity index (χ0) is 41.3. The number of carbonyl (C=O) groups excluding carboxylic acids is 5. The first kappa shape index (κ1) is 43.7. The Morgan fingerprint density at radius 3 is 1.63 bits per heavy atom. The Kier molecular flexibility index (Phi) is 16.4. The van der Waals surface area contributed by atoms with Gasteiger partial charge in [-0.1, -0.05) is 121 Å². The molecule has 0 aliphatic heterocycles. The van der Waals surface area contributed by atoms with E-state index in [1.54, 1.807) is 20.8 Å². The van der Waals surface area contributed by atoms with Crippen molar-refractivity contribution in [2.45, 2.75) is 88.6 Å². The van der Waals surface area contributed by atoms with Gasteiger partial charge in [-0.05, 0) is 75.1 Å². The molecule has 0 saturated carbocycles. The fourth-order valence-electron chi connectivity index (χ4n) is 6.48. The van der Waals surface area contributed by atoms with Crippen LogP contribution in [0.1, 0.15) is 75.1 Å². The summed E-state index contributed by atoms with van der Waals surface area (Å²) in [7, 11) is 1.22. The zero-order valence-electron chi connectivity index (χ0n) is 33.2. The van der Waals surface area contributed by atoms with E-state index in [4.69, 9.17) is 15.2 Å². The quantitative estimate of drug-likeness (QED) is 0.0485. The lowest BCUT2D eigenvalue weighted by atomic mass is 9.77. The van der Waals surface area contributed by atoms with Crippen LogP contribution >= 0.6 is 0 Å². The molecule has 4 aromatic carbocycles. The molecular weight excluding hydrogens is 723 g/mol. The number of hydrogen-bond acceptors (Lipinski definition) is 8. The van der Waals surface area contributed by atoms with E-state index in [1.807, 2.05) is 121 Å². The Bertz CT molecular complexity index is 1790. The molecule has 4 aromatic rings. The van der Waals surface area contributed by atoms with E-state index in [-0.39, 0.29) is 31.6 Å². The fraction of sp³-hybridized carbons (Fsp3) is 0.356. The number of nitrogens with two attached hydrogens (primary N) is 1. The van der Waals surface area contributed by atoms with Crippen molar-refractivity contribution in [2.24, 2.45) is 5.73 Å². The van der Waals surface area contributed by atoms with Crippen molar-refractivity contribution in [3.8, 4) is 0 Å². The normalized spacial score (nSPS) is 12.9. The monoisotopic (exact) mass is 777 g/mol. The van der Waals surface area contributed by atoms with Crippen molar-refractivity contribution in [1.82, 2.24) is 21.3 Å². The van der Waals surface area contributed by atoms with Crippen molar-refractivity contribution < 1.29 is 33.4 Å². The van der Waals surface area contributed by atoms with Gasteiger partial charge in [0, 0.05) is 13.0 Å². The van der Waals surface area contributed by atoms with Gasteiger partial charge in [0.05, 0.1) is 13.2 Å². The molecule has 0 spiro atoms. The van der Waals surface area contributed by atoms with Crippen LogP contribution in [0.5, 0.6) is 0 Å². The number of methoxy groups -OCH3 is 1. The molecule has 302 valence electrons. The van der Waals surface area contributed by atoms with Gasteiger partial charge in [-0.25, -0.2) is 9.59 Å². The first-order chi connectivity index (χ1) is 27.3. The van der Waals surface area contributed by atoms with E-state index in [2.05, 4.69) is 21.3 Å². The number of benzene rings is 4. The standard InChI is InChI=1S/C45H55N5O7/c1-44(2,3)57-43(55)47-30-18-17-27-38(42(54)56-4)49-41(53)37(48-40(52)36(46)31-32-19-9-5-10-20-32)28-29-39(51)50-45(33-21-11-6-12-22-33,34-23-13-7-14-24-34)35-25-15-8-16-26-35/h5-16,19-26,36-38H,17-18,27-31,46H2,1-4H3,(H,47,55)(H,48,52)(H,49,53)(H,50,51)/t36-,37-,38-/m1/s1. The lowest BCUT2D eigenvalue weighted by Gasteiger charge is -2.37. The van der Waals surface area contributed by atoms with Gasteiger partial charge in [-0.15, -0.1) is 0 Å². The van der Waals surface area contributed by atoms with E-state index in [0.717, 1.165) is 22.3 Å². The van der Waals surface area contributed by atoms with Gasteiger partial charge in [0.25, 0.3) is 0 Å². The first-order valence-corrected chi connectivity index (χ1v) is 19.2. The average Bonchev–Trinajstić information content (AvgIpc) is 3.21. The summed E-state index contributed by atoms with van der Waals surface area (Å²) in [6.45, 7) is 5.59. The molecule has 12 nitrogen and oxygen atoms in total. The molecule has 0 heterocycles. The summed E-state index contributed by atoms with van der Waals surface area (Å²) in [5, 5.41) is 11.4. The Morgan fingerprint density at radius 2 is 1.14 bits per heavy atom. The summed E-state index contributed by atoms with van der Waals surface area (Å²) in [5.74, 6) is -2.32. The van der Waals surface area contributed by atoms with Crippen molar-refractivity contribution in [2.75, 3.05) is 13.7 Å². The number of nitrogens with one attached hydrogen (secondary N) is 4. The predicted molar refractivity (Wildman–Crippen MR) is 219 cm³/mol. The third-order valence-electron chi connectivity index (χ3n) is 9.27. The number of carbonyl (C=O) groups is 5. The van der Waals surface area contributed by atoms with Crippen LogP contribution in [0.3, 0.4) is 0 Å². The number of ether oxygens (including phenoxy) is 2. The minimum Gasteiger partial charge on any atom is -0.467 e. The Balaban J connectivity index is 1.54. The number of alkyl carbamates (subject to hydrolysis) is 1. The van der Waals surface area contributed by atoms with Crippen LogP contribution in [0.2, 0.25) is 0 Å². The lowest BCUT2D eigenvalue weighted by Crippen LogP contribution is -2.55. The van der Waals surface area contributed by atoms with E-state index in [9.17, 15) is 24.0 Å². The van der Waals surface area contributed by atoms with Crippen molar-refractivity contribution in [3.63, 3.8) is 0 Å².